The van der Waals surface area contributed by atoms with Gasteiger partial charge in [-0.15, -0.1) is 0 Å². The highest BCUT2D eigenvalue weighted by molar-refractivity contribution is 6.42. The molecule has 0 aliphatic carbocycles. The van der Waals surface area contributed by atoms with Gasteiger partial charge in [0.2, 0.25) is 5.91 Å². The second-order valence-corrected chi connectivity index (χ2v) is 7.89. The van der Waals surface area contributed by atoms with E-state index < -0.39 is 6.10 Å². The lowest BCUT2D eigenvalue weighted by atomic mass is 10.1. The number of hydrogen-bond donors (Lipinski definition) is 2. The fraction of sp³-hybridized carbons (Fsp3) is 0.263. The van der Waals surface area contributed by atoms with Crippen molar-refractivity contribution >= 4 is 51.6 Å². The van der Waals surface area contributed by atoms with Gasteiger partial charge in [-0.1, -0.05) is 34.8 Å². The van der Waals surface area contributed by atoms with Crippen LogP contribution in [-0.2, 0) is 16.0 Å². The molecule has 0 radical (unpaired) electrons. The number of ether oxygens (including phenoxy) is 1. The molecule has 0 unspecified atom stereocenters. The predicted molar refractivity (Wildman–Crippen MR) is 109 cm³/mol. The van der Waals surface area contributed by atoms with Gasteiger partial charge in [0.25, 0.3) is 0 Å². The van der Waals surface area contributed by atoms with Crippen LogP contribution in [0.1, 0.15) is 5.56 Å². The van der Waals surface area contributed by atoms with Crippen molar-refractivity contribution in [3.05, 3.63) is 57.4 Å². The van der Waals surface area contributed by atoms with E-state index in [-0.39, 0.29) is 25.0 Å². The number of amides is 1. The third kappa shape index (κ3) is 3.83. The number of hydrogen-bond acceptors (Lipinski definition) is 4. The number of halogens is 3. The van der Waals surface area contributed by atoms with E-state index in [1.54, 1.807) is 30.7 Å². The molecule has 1 aliphatic heterocycles. The van der Waals surface area contributed by atoms with E-state index in [9.17, 15) is 9.90 Å². The average molecular weight is 441 g/mol. The third-order valence-corrected chi connectivity index (χ3v) is 5.40. The second-order valence-electron chi connectivity index (χ2n) is 6.64. The molecule has 28 heavy (non-hydrogen) atoms. The molecule has 0 spiro atoms. The molecule has 2 aromatic heterocycles. The molecule has 1 fully saturated rings. The summed E-state index contributed by atoms with van der Waals surface area (Å²) in [5.74, 6) is -0.214. The Balaban J connectivity index is 1.61. The Kier molecular flexibility index (Phi) is 5.49. The van der Waals surface area contributed by atoms with Gasteiger partial charge in [0.15, 0.2) is 0 Å². The maximum absolute atomic E-state index is 12.3. The van der Waals surface area contributed by atoms with Gasteiger partial charge in [-0.2, -0.15) is 0 Å². The molecule has 6 nitrogen and oxygen atoms in total. The highest BCUT2D eigenvalue weighted by Crippen LogP contribution is 2.35. The number of pyridine rings is 1. The Labute approximate surface area is 176 Å². The summed E-state index contributed by atoms with van der Waals surface area (Å²) < 4.78 is 6.96. The van der Waals surface area contributed by atoms with E-state index in [0.29, 0.717) is 32.8 Å². The van der Waals surface area contributed by atoms with Crippen LogP contribution in [0.5, 0.6) is 0 Å². The van der Waals surface area contributed by atoms with Crippen LogP contribution in [0.25, 0.3) is 16.6 Å². The van der Waals surface area contributed by atoms with Crippen LogP contribution in [0.2, 0.25) is 15.1 Å². The van der Waals surface area contributed by atoms with Crippen molar-refractivity contribution in [3.63, 3.8) is 0 Å². The summed E-state index contributed by atoms with van der Waals surface area (Å²) in [5, 5.41) is 14.7. The number of carbonyl (C=O) groups excluding carboxylic acids is 1. The van der Waals surface area contributed by atoms with Gasteiger partial charge >= 0.3 is 0 Å². The van der Waals surface area contributed by atoms with Crippen molar-refractivity contribution < 1.29 is 14.6 Å². The quantitative estimate of drug-likeness (QED) is 0.652. The molecule has 0 saturated carbocycles. The van der Waals surface area contributed by atoms with E-state index in [1.165, 1.54) is 0 Å². The monoisotopic (exact) mass is 439 g/mol. The number of rotatable bonds is 4. The van der Waals surface area contributed by atoms with E-state index >= 15 is 0 Å². The highest BCUT2D eigenvalue weighted by atomic mass is 35.5. The zero-order valence-electron chi connectivity index (χ0n) is 14.5. The number of nitrogens with one attached hydrogen (secondary N) is 1. The SMILES string of the molecule is O=C(Cc1cncc(-n2cc(Cl)c3cc(Cl)cc(Cl)c32)c1)N[C@H]1COC[C@@H]1O. The minimum atomic E-state index is -0.684. The molecule has 3 heterocycles. The van der Waals surface area contributed by atoms with Gasteiger partial charge in [0.05, 0.1) is 59.2 Å². The molecule has 2 N–H and O–H groups in total. The normalized spacial score (nSPS) is 19.3. The van der Waals surface area contributed by atoms with E-state index in [2.05, 4.69) is 10.3 Å². The van der Waals surface area contributed by atoms with Crippen molar-refractivity contribution in [1.29, 1.82) is 0 Å². The lowest BCUT2D eigenvalue weighted by Gasteiger charge is -2.14. The predicted octanol–water partition coefficient (Wildman–Crippen LogP) is 3.40. The Morgan fingerprint density at radius 2 is 2.04 bits per heavy atom. The van der Waals surface area contributed by atoms with Gasteiger partial charge in [-0.05, 0) is 23.8 Å². The van der Waals surface area contributed by atoms with Gasteiger partial charge in [-0.25, -0.2) is 0 Å². The van der Waals surface area contributed by atoms with Gasteiger partial charge in [0.1, 0.15) is 0 Å². The molecule has 1 aromatic carbocycles. The van der Waals surface area contributed by atoms with Gasteiger partial charge in [-0.3, -0.25) is 9.78 Å². The van der Waals surface area contributed by atoms with Crippen LogP contribution in [0.3, 0.4) is 0 Å². The largest absolute Gasteiger partial charge is 0.388 e. The average Bonchev–Trinajstić information content (AvgIpc) is 3.19. The fourth-order valence-corrected chi connectivity index (χ4v) is 4.10. The van der Waals surface area contributed by atoms with Crippen LogP contribution < -0.4 is 5.32 Å². The topological polar surface area (TPSA) is 76.4 Å². The molecule has 2 atom stereocenters. The Morgan fingerprint density at radius 1 is 1.21 bits per heavy atom. The number of aromatic nitrogens is 2. The standard InChI is InChI=1S/C19H16Cl3N3O3/c20-11-3-13-15(22)7-25(19(13)14(21)4-11)12-1-10(5-23-6-12)2-18(27)24-16-8-28-9-17(16)26/h1,3-7,16-17,26H,2,8-9H2,(H,24,27)/t16-,17-/m0/s1. The van der Waals surface area contributed by atoms with Crippen LogP contribution in [0.15, 0.2) is 36.8 Å². The number of nitrogens with zero attached hydrogens (tertiary/aromatic N) is 2. The maximum Gasteiger partial charge on any atom is 0.224 e. The van der Waals surface area contributed by atoms with E-state index in [0.717, 1.165) is 11.1 Å². The molecule has 146 valence electrons. The molecule has 3 aromatic rings. The molecule has 0 bridgehead atoms. The summed E-state index contributed by atoms with van der Waals surface area (Å²) in [6, 6.07) is 4.85. The van der Waals surface area contributed by atoms with Gasteiger partial charge < -0.3 is 19.7 Å². The van der Waals surface area contributed by atoms with Crippen LogP contribution in [-0.4, -0.2) is 45.9 Å². The lowest BCUT2D eigenvalue weighted by molar-refractivity contribution is -0.121. The summed E-state index contributed by atoms with van der Waals surface area (Å²) in [7, 11) is 0. The first-order valence-corrected chi connectivity index (χ1v) is 9.71. The van der Waals surface area contributed by atoms with Crippen molar-refractivity contribution in [1.82, 2.24) is 14.9 Å². The van der Waals surface area contributed by atoms with Crippen molar-refractivity contribution in [2.75, 3.05) is 13.2 Å². The summed E-state index contributed by atoms with van der Waals surface area (Å²) in [6.45, 7) is 0.536. The summed E-state index contributed by atoms with van der Waals surface area (Å²) in [4.78, 5) is 16.5. The number of fused-ring (bicyclic) bond motifs is 1. The number of aliphatic hydroxyl groups excluding tert-OH is 1. The van der Waals surface area contributed by atoms with Crippen molar-refractivity contribution in [3.8, 4) is 5.69 Å². The molecule has 4 rings (SSSR count). The van der Waals surface area contributed by atoms with Crippen molar-refractivity contribution in [2.45, 2.75) is 18.6 Å². The van der Waals surface area contributed by atoms with Crippen LogP contribution in [0, 0.1) is 0 Å². The third-order valence-electron chi connectivity index (χ3n) is 4.59. The molecule has 1 saturated heterocycles. The maximum atomic E-state index is 12.3. The van der Waals surface area contributed by atoms with E-state index in [4.69, 9.17) is 39.5 Å². The Hall–Kier alpha value is -1.83. The Morgan fingerprint density at radius 3 is 2.79 bits per heavy atom. The number of benzene rings is 1. The first-order valence-electron chi connectivity index (χ1n) is 8.57. The first-order chi connectivity index (χ1) is 13.4. The number of aliphatic hydroxyl groups is 1. The molecule has 9 heteroatoms. The molecular weight excluding hydrogens is 425 g/mol. The lowest BCUT2D eigenvalue weighted by Crippen LogP contribution is -2.43. The smallest absolute Gasteiger partial charge is 0.224 e. The van der Waals surface area contributed by atoms with Crippen LogP contribution in [0.4, 0.5) is 0 Å². The van der Waals surface area contributed by atoms with Crippen molar-refractivity contribution in [2.24, 2.45) is 0 Å². The minimum Gasteiger partial charge on any atom is -0.388 e. The first kappa shape index (κ1) is 19.5. The molecular formula is C19H16Cl3N3O3. The fourth-order valence-electron chi connectivity index (χ4n) is 3.27. The summed E-state index contributed by atoms with van der Waals surface area (Å²) in [5.41, 5.74) is 2.15. The summed E-state index contributed by atoms with van der Waals surface area (Å²) in [6.07, 6.45) is 4.46. The highest BCUT2D eigenvalue weighted by Gasteiger charge is 2.27. The van der Waals surface area contributed by atoms with E-state index in [1.807, 2.05) is 10.6 Å². The molecule has 1 amide bonds. The molecule has 1 aliphatic rings. The van der Waals surface area contributed by atoms with Gasteiger partial charge in [0, 0.05) is 22.8 Å². The van der Waals surface area contributed by atoms with Crippen LogP contribution >= 0.6 is 34.8 Å². The summed E-state index contributed by atoms with van der Waals surface area (Å²) >= 11 is 18.8. The second kappa shape index (κ2) is 7.89. The Bertz CT molecular complexity index is 1050. The zero-order chi connectivity index (χ0) is 19.8. The zero-order valence-corrected chi connectivity index (χ0v) is 16.8. The number of carbonyl (C=O) groups is 1. The minimum absolute atomic E-state index is 0.122.